The summed E-state index contributed by atoms with van der Waals surface area (Å²) in [7, 11) is 0. The number of rotatable bonds is 18. The highest BCUT2D eigenvalue weighted by Crippen LogP contribution is 2.33. The van der Waals surface area contributed by atoms with Gasteiger partial charge < -0.3 is 14.6 Å². The lowest BCUT2D eigenvalue weighted by molar-refractivity contribution is -0.407. The van der Waals surface area contributed by atoms with Crippen LogP contribution in [0, 0.1) is 11.7 Å². The van der Waals surface area contributed by atoms with Crippen molar-refractivity contribution in [3.8, 4) is 0 Å². The number of unbranched alkanes of at least 4 members (excludes halogenated alkanes) is 7. The lowest BCUT2D eigenvalue weighted by atomic mass is 9.91. The van der Waals surface area contributed by atoms with E-state index in [0.717, 1.165) is 50.5 Å². The number of aliphatic hydroxyl groups is 1. The molecule has 0 amide bonds. The molecule has 1 N–H and O–H groups in total. The third-order valence-electron chi connectivity index (χ3n) is 5.64. The van der Waals surface area contributed by atoms with E-state index in [0.29, 0.717) is 0 Å². The van der Waals surface area contributed by atoms with E-state index in [1.165, 1.54) is 38.2 Å². The first kappa shape index (κ1) is 28.1. The molecule has 1 aromatic rings. The van der Waals surface area contributed by atoms with E-state index in [1.54, 1.807) is 12.1 Å². The predicted molar refractivity (Wildman–Crippen MR) is 127 cm³/mol. The third-order valence-corrected chi connectivity index (χ3v) is 5.64. The van der Waals surface area contributed by atoms with Crippen LogP contribution in [0.25, 0.3) is 0 Å². The summed E-state index contributed by atoms with van der Waals surface area (Å²) in [5.74, 6) is -1.75. The summed E-state index contributed by atoms with van der Waals surface area (Å²) in [4.78, 5) is 0. The van der Waals surface area contributed by atoms with Crippen molar-refractivity contribution in [1.82, 2.24) is 0 Å². The van der Waals surface area contributed by atoms with Gasteiger partial charge in [0.15, 0.2) is 0 Å². The molecular weight excluding hydrogens is 391 g/mol. The fraction of sp³-hybridized carbons (Fsp3) is 0.778. The second-order valence-corrected chi connectivity index (χ2v) is 9.45. The molecule has 0 aliphatic heterocycles. The van der Waals surface area contributed by atoms with Gasteiger partial charge in [-0.3, -0.25) is 0 Å². The lowest BCUT2D eigenvalue weighted by Gasteiger charge is -2.38. The summed E-state index contributed by atoms with van der Waals surface area (Å²) < 4.78 is 25.2. The number of hydrogen-bond donors (Lipinski definition) is 1. The molecule has 1 aromatic carbocycles. The Labute approximate surface area is 190 Å². The van der Waals surface area contributed by atoms with Crippen molar-refractivity contribution in [2.75, 3.05) is 0 Å². The molecule has 0 spiro atoms. The van der Waals surface area contributed by atoms with Gasteiger partial charge in [-0.25, -0.2) is 4.39 Å². The summed E-state index contributed by atoms with van der Waals surface area (Å²) in [5.41, 5.74) is 1.05. The molecule has 1 atom stereocenters. The molecule has 0 aliphatic rings. The quantitative estimate of drug-likeness (QED) is 0.188. The van der Waals surface area contributed by atoms with Crippen LogP contribution >= 0.6 is 0 Å². The molecule has 0 heterocycles. The Morgan fingerprint density at radius 2 is 1.39 bits per heavy atom. The van der Waals surface area contributed by atoms with Crippen molar-refractivity contribution < 1.29 is 19.0 Å². The van der Waals surface area contributed by atoms with Crippen molar-refractivity contribution >= 4 is 0 Å². The number of ether oxygens (including phenoxy) is 2. The Kier molecular flexibility index (Phi) is 14.3. The van der Waals surface area contributed by atoms with Crippen molar-refractivity contribution in [3.05, 3.63) is 35.6 Å². The highest BCUT2D eigenvalue weighted by Gasteiger charge is 2.40. The lowest BCUT2D eigenvalue weighted by Crippen LogP contribution is -2.47. The molecule has 1 rings (SSSR count). The molecule has 0 saturated heterocycles. The standard InChI is InChI=1S/C27H47FO3/c1-6-7-8-9-10-13-18-25(27(29,30-22(2)3)31-23(4)5)19-14-11-12-16-24-17-15-20-26(28)21-24/h15,17,20-23,25,29H,6-14,16,18-19H2,1-5H3. The summed E-state index contributed by atoms with van der Waals surface area (Å²) in [5, 5.41) is 11.3. The summed E-state index contributed by atoms with van der Waals surface area (Å²) in [6.45, 7) is 9.99. The molecule has 180 valence electrons. The Morgan fingerprint density at radius 3 is 1.94 bits per heavy atom. The van der Waals surface area contributed by atoms with E-state index < -0.39 is 5.97 Å². The van der Waals surface area contributed by atoms with E-state index >= 15 is 0 Å². The predicted octanol–water partition coefficient (Wildman–Crippen LogP) is 7.79. The zero-order valence-corrected chi connectivity index (χ0v) is 20.7. The topological polar surface area (TPSA) is 38.7 Å². The maximum absolute atomic E-state index is 13.3. The van der Waals surface area contributed by atoms with E-state index in [-0.39, 0.29) is 23.9 Å². The van der Waals surface area contributed by atoms with Gasteiger partial charge in [-0.2, -0.15) is 0 Å². The van der Waals surface area contributed by atoms with Crippen LogP contribution in [0.5, 0.6) is 0 Å². The Hall–Kier alpha value is -0.970. The van der Waals surface area contributed by atoms with Crippen LogP contribution in [-0.4, -0.2) is 23.3 Å². The Morgan fingerprint density at radius 1 is 0.839 bits per heavy atom. The highest BCUT2D eigenvalue weighted by atomic mass is 19.1. The molecule has 3 nitrogen and oxygen atoms in total. The largest absolute Gasteiger partial charge is 0.343 e. The molecule has 31 heavy (non-hydrogen) atoms. The molecule has 0 fully saturated rings. The first-order valence-corrected chi connectivity index (χ1v) is 12.6. The van der Waals surface area contributed by atoms with Gasteiger partial charge in [0.25, 0.3) is 5.97 Å². The van der Waals surface area contributed by atoms with Gasteiger partial charge in [-0.15, -0.1) is 0 Å². The van der Waals surface area contributed by atoms with Gasteiger partial charge in [0.1, 0.15) is 5.82 Å². The van der Waals surface area contributed by atoms with E-state index in [4.69, 9.17) is 9.47 Å². The maximum atomic E-state index is 13.3. The second-order valence-electron chi connectivity index (χ2n) is 9.45. The van der Waals surface area contributed by atoms with Crippen LogP contribution in [0.2, 0.25) is 0 Å². The first-order chi connectivity index (χ1) is 14.8. The molecule has 4 heteroatoms. The summed E-state index contributed by atoms with van der Waals surface area (Å²) in [6, 6.07) is 6.86. The minimum atomic E-state index is -1.53. The van der Waals surface area contributed by atoms with Gasteiger partial charge in [-0.05, 0) is 71.1 Å². The van der Waals surface area contributed by atoms with Crippen LogP contribution in [-0.2, 0) is 15.9 Å². The van der Waals surface area contributed by atoms with Crippen molar-refractivity contribution in [3.63, 3.8) is 0 Å². The zero-order valence-electron chi connectivity index (χ0n) is 20.7. The van der Waals surface area contributed by atoms with Gasteiger partial charge in [0.05, 0.1) is 12.2 Å². The molecule has 0 aromatic heterocycles. The number of aryl methyl sites for hydroxylation is 1. The summed E-state index contributed by atoms with van der Waals surface area (Å²) in [6.07, 6.45) is 12.9. The van der Waals surface area contributed by atoms with Gasteiger partial charge >= 0.3 is 0 Å². The number of hydrogen-bond acceptors (Lipinski definition) is 3. The zero-order chi connectivity index (χ0) is 23.1. The Balaban J connectivity index is 2.60. The minimum absolute atomic E-state index is 0.0438. The third kappa shape index (κ3) is 12.6. The van der Waals surface area contributed by atoms with Crippen LogP contribution in [0.3, 0.4) is 0 Å². The second kappa shape index (κ2) is 15.8. The van der Waals surface area contributed by atoms with Gasteiger partial charge in [0, 0.05) is 5.92 Å². The molecule has 1 unspecified atom stereocenters. The molecule has 0 aliphatic carbocycles. The van der Waals surface area contributed by atoms with E-state index in [9.17, 15) is 9.50 Å². The van der Waals surface area contributed by atoms with Crippen LogP contribution < -0.4 is 0 Å². The minimum Gasteiger partial charge on any atom is -0.343 e. The number of benzene rings is 1. The summed E-state index contributed by atoms with van der Waals surface area (Å²) >= 11 is 0. The smallest absolute Gasteiger partial charge is 0.283 e. The average Bonchev–Trinajstić information content (AvgIpc) is 2.67. The fourth-order valence-corrected chi connectivity index (χ4v) is 4.16. The van der Waals surface area contributed by atoms with Gasteiger partial charge in [0.2, 0.25) is 0 Å². The maximum Gasteiger partial charge on any atom is 0.283 e. The fourth-order valence-electron chi connectivity index (χ4n) is 4.16. The molecule has 0 radical (unpaired) electrons. The molecule has 0 bridgehead atoms. The van der Waals surface area contributed by atoms with Crippen molar-refractivity contribution in [2.24, 2.45) is 5.92 Å². The van der Waals surface area contributed by atoms with E-state index in [2.05, 4.69) is 6.92 Å². The van der Waals surface area contributed by atoms with Crippen molar-refractivity contribution in [1.29, 1.82) is 0 Å². The SMILES string of the molecule is CCCCCCCCC(CCCCCc1cccc(F)c1)C(O)(OC(C)C)OC(C)C. The molecule has 0 saturated carbocycles. The molecular formula is C27H47FO3. The van der Waals surface area contributed by atoms with Crippen LogP contribution in [0.4, 0.5) is 4.39 Å². The van der Waals surface area contributed by atoms with Crippen LogP contribution in [0.15, 0.2) is 24.3 Å². The normalized spacial score (nSPS) is 13.3. The first-order valence-electron chi connectivity index (χ1n) is 12.6. The van der Waals surface area contributed by atoms with Crippen molar-refractivity contribution in [2.45, 2.75) is 130 Å². The Bertz CT molecular complexity index is 563. The van der Waals surface area contributed by atoms with Crippen LogP contribution in [0.1, 0.15) is 111 Å². The van der Waals surface area contributed by atoms with Gasteiger partial charge in [-0.1, -0.05) is 70.4 Å². The number of halogens is 1. The van der Waals surface area contributed by atoms with E-state index in [1.807, 2.05) is 33.8 Å². The average molecular weight is 439 g/mol. The monoisotopic (exact) mass is 438 g/mol. The highest BCUT2D eigenvalue weighted by molar-refractivity contribution is 5.16.